The molecular formula is C17H26N2O3. The lowest BCUT2D eigenvalue weighted by molar-refractivity contribution is -0.122. The minimum atomic E-state index is -0.298. The first-order valence-corrected chi connectivity index (χ1v) is 7.43. The quantitative estimate of drug-likeness (QED) is 0.840. The van der Waals surface area contributed by atoms with Crippen LogP contribution in [0, 0.1) is 5.41 Å². The second kappa shape index (κ2) is 7.94. The molecule has 1 atom stereocenters. The highest BCUT2D eigenvalue weighted by Gasteiger charge is 2.21. The second-order valence-electron chi connectivity index (χ2n) is 6.74. The Morgan fingerprint density at radius 3 is 2.32 bits per heavy atom. The Bertz CT molecular complexity index is 494. The van der Waals surface area contributed by atoms with Crippen LogP contribution in [0.2, 0.25) is 0 Å². The summed E-state index contributed by atoms with van der Waals surface area (Å²) in [5, 5.41) is 12.1. The summed E-state index contributed by atoms with van der Waals surface area (Å²) in [6.07, 6.45) is 0.672. The molecule has 1 aromatic rings. The number of aliphatic hydroxyl groups excluding tert-OH is 1. The number of aliphatic hydroxyl groups is 1. The summed E-state index contributed by atoms with van der Waals surface area (Å²) in [5.41, 5.74) is 0.554. The number of carbonyl (C=O) groups excluding carboxylic acids is 2. The first-order chi connectivity index (χ1) is 10.2. The average Bonchev–Trinajstić information content (AvgIpc) is 2.45. The molecule has 0 aliphatic heterocycles. The van der Waals surface area contributed by atoms with Crippen LogP contribution in [0.25, 0.3) is 0 Å². The highest BCUT2D eigenvalue weighted by molar-refractivity contribution is 5.96. The van der Waals surface area contributed by atoms with Crippen molar-refractivity contribution < 1.29 is 14.7 Å². The minimum Gasteiger partial charge on any atom is -0.394 e. The van der Waals surface area contributed by atoms with Crippen LogP contribution >= 0.6 is 0 Å². The van der Waals surface area contributed by atoms with Gasteiger partial charge < -0.3 is 15.3 Å². The van der Waals surface area contributed by atoms with Crippen LogP contribution in [0.15, 0.2) is 30.3 Å². The molecule has 1 aromatic carbocycles. The lowest BCUT2D eigenvalue weighted by atomic mass is 9.88. The zero-order chi connectivity index (χ0) is 16.8. The summed E-state index contributed by atoms with van der Waals surface area (Å²) in [6.45, 7) is 6.00. The van der Waals surface area contributed by atoms with Crippen molar-refractivity contribution in [3.63, 3.8) is 0 Å². The Morgan fingerprint density at radius 2 is 1.82 bits per heavy atom. The van der Waals surface area contributed by atoms with E-state index in [0.717, 1.165) is 0 Å². The van der Waals surface area contributed by atoms with Gasteiger partial charge in [-0.2, -0.15) is 0 Å². The normalized spacial score (nSPS) is 12.6. The summed E-state index contributed by atoms with van der Waals surface area (Å²) in [4.78, 5) is 25.6. The number of amides is 2. The Kier molecular flexibility index (Phi) is 6.56. The smallest absolute Gasteiger partial charge is 0.254 e. The third-order valence-electron chi connectivity index (χ3n) is 3.19. The van der Waals surface area contributed by atoms with Crippen LogP contribution in [0.4, 0.5) is 0 Å². The Hall–Kier alpha value is -1.88. The fourth-order valence-electron chi connectivity index (χ4n) is 2.26. The van der Waals surface area contributed by atoms with E-state index in [2.05, 4.69) is 5.32 Å². The highest BCUT2D eigenvalue weighted by atomic mass is 16.3. The highest BCUT2D eigenvalue weighted by Crippen LogP contribution is 2.20. The van der Waals surface area contributed by atoms with Crippen LogP contribution < -0.4 is 5.32 Å². The number of hydrogen-bond donors (Lipinski definition) is 2. The maximum Gasteiger partial charge on any atom is 0.254 e. The van der Waals surface area contributed by atoms with Gasteiger partial charge in [0.05, 0.1) is 19.2 Å². The van der Waals surface area contributed by atoms with Gasteiger partial charge in [0.2, 0.25) is 5.91 Å². The number of nitrogens with zero attached hydrogens (tertiary/aromatic N) is 1. The van der Waals surface area contributed by atoms with E-state index >= 15 is 0 Å². The SMILES string of the molecule is CN(CC(=O)NC(CO)CC(C)(C)C)C(=O)c1ccccc1. The first kappa shape index (κ1) is 18.2. The lowest BCUT2D eigenvalue weighted by Gasteiger charge is -2.26. The van der Waals surface area contributed by atoms with Gasteiger partial charge in [-0.15, -0.1) is 0 Å². The third kappa shape index (κ3) is 6.26. The van der Waals surface area contributed by atoms with Gasteiger partial charge in [0, 0.05) is 12.6 Å². The average molecular weight is 306 g/mol. The van der Waals surface area contributed by atoms with Gasteiger partial charge in [-0.1, -0.05) is 39.0 Å². The van der Waals surface area contributed by atoms with E-state index in [1.807, 2.05) is 26.8 Å². The van der Waals surface area contributed by atoms with Crippen molar-refractivity contribution in [2.45, 2.75) is 33.2 Å². The maximum atomic E-state index is 12.2. The minimum absolute atomic E-state index is 0.00639. The van der Waals surface area contributed by atoms with Gasteiger partial charge >= 0.3 is 0 Å². The molecular weight excluding hydrogens is 280 g/mol. The number of hydrogen-bond acceptors (Lipinski definition) is 3. The molecule has 0 aromatic heterocycles. The zero-order valence-electron chi connectivity index (χ0n) is 13.8. The number of likely N-dealkylation sites (N-methyl/N-ethyl adjacent to an activating group) is 1. The van der Waals surface area contributed by atoms with E-state index in [-0.39, 0.29) is 36.4 Å². The van der Waals surface area contributed by atoms with Crippen molar-refractivity contribution >= 4 is 11.8 Å². The van der Waals surface area contributed by atoms with Gasteiger partial charge in [0.1, 0.15) is 0 Å². The molecule has 2 amide bonds. The summed E-state index contributed by atoms with van der Waals surface area (Å²) in [6, 6.07) is 8.54. The molecule has 0 spiro atoms. The number of benzene rings is 1. The molecule has 122 valence electrons. The van der Waals surface area contributed by atoms with E-state index in [1.165, 1.54) is 4.90 Å². The van der Waals surface area contributed by atoms with E-state index in [1.54, 1.807) is 31.3 Å². The Morgan fingerprint density at radius 1 is 1.23 bits per heavy atom. The molecule has 5 heteroatoms. The van der Waals surface area contributed by atoms with Gasteiger partial charge in [0.25, 0.3) is 5.91 Å². The molecule has 2 N–H and O–H groups in total. The van der Waals surface area contributed by atoms with E-state index in [0.29, 0.717) is 12.0 Å². The van der Waals surface area contributed by atoms with Crippen LogP contribution in [0.5, 0.6) is 0 Å². The summed E-state index contributed by atoms with van der Waals surface area (Å²) >= 11 is 0. The first-order valence-electron chi connectivity index (χ1n) is 7.43. The fourth-order valence-corrected chi connectivity index (χ4v) is 2.26. The second-order valence-corrected chi connectivity index (χ2v) is 6.74. The van der Waals surface area contributed by atoms with Gasteiger partial charge in [-0.05, 0) is 24.0 Å². The number of nitrogens with one attached hydrogen (secondary N) is 1. The summed E-state index contributed by atoms with van der Waals surface area (Å²) < 4.78 is 0. The van der Waals surface area contributed by atoms with Crippen LogP contribution in [0.1, 0.15) is 37.6 Å². The van der Waals surface area contributed by atoms with Gasteiger partial charge in [-0.25, -0.2) is 0 Å². The molecule has 0 aliphatic rings. The molecule has 0 heterocycles. The molecule has 0 fully saturated rings. The van der Waals surface area contributed by atoms with Gasteiger partial charge in [0.15, 0.2) is 0 Å². The van der Waals surface area contributed by atoms with Gasteiger partial charge in [-0.3, -0.25) is 9.59 Å². The molecule has 0 bridgehead atoms. The topological polar surface area (TPSA) is 69.6 Å². The van der Waals surface area contributed by atoms with Crippen molar-refractivity contribution in [3.05, 3.63) is 35.9 Å². The molecule has 22 heavy (non-hydrogen) atoms. The number of carbonyl (C=O) groups is 2. The summed E-state index contributed by atoms with van der Waals surface area (Å²) in [7, 11) is 1.59. The third-order valence-corrected chi connectivity index (χ3v) is 3.19. The number of rotatable bonds is 6. The Balaban J connectivity index is 2.55. The van der Waals surface area contributed by atoms with Crippen molar-refractivity contribution in [2.24, 2.45) is 5.41 Å². The summed E-state index contributed by atoms with van der Waals surface area (Å²) in [5.74, 6) is -0.470. The van der Waals surface area contributed by atoms with E-state index in [4.69, 9.17) is 0 Å². The predicted molar refractivity (Wildman–Crippen MR) is 86.5 cm³/mol. The molecule has 0 aliphatic carbocycles. The molecule has 1 unspecified atom stereocenters. The van der Waals surface area contributed by atoms with Crippen LogP contribution in [-0.4, -0.2) is 48.1 Å². The van der Waals surface area contributed by atoms with Crippen molar-refractivity contribution in [1.29, 1.82) is 0 Å². The largest absolute Gasteiger partial charge is 0.394 e. The molecule has 0 saturated carbocycles. The standard InChI is InChI=1S/C17H26N2O3/c1-17(2,3)10-14(12-20)18-15(21)11-19(4)16(22)13-8-6-5-7-9-13/h5-9,14,20H,10-12H2,1-4H3,(H,18,21). The zero-order valence-corrected chi connectivity index (χ0v) is 13.8. The maximum absolute atomic E-state index is 12.2. The molecule has 1 rings (SSSR count). The van der Waals surface area contributed by atoms with E-state index in [9.17, 15) is 14.7 Å². The predicted octanol–water partition coefficient (Wildman–Crippen LogP) is 1.67. The van der Waals surface area contributed by atoms with Crippen LogP contribution in [0.3, 0.4) is 0 Å². The molecule has 0 radical (unpaired) electrons. The molecule has 5 nitrogen and oxygen atoms in total. The van der Waals surface area contributed by atoms with E-state index < -0.39 is 0 Å². The fraction of sp³-hybridized carbons (Fsp3) is 0.529. The van der Waals surface area contributed by atoms with Crippen LogP contribution in [-0.2, 0) is 4.79 Å². The molecule has 0 saturated heterocycles. The Labute approximate surface area is 132 Å². The van der Waals surface area contributed by atoms with Crippen molar-refractivity contribution in [2.75, 3.05) is 20.2 Å². The van der Waals surface area contributed by atoms with Crippen molar-refractivity contribution in [3.8, 4) is 0 Å². The lowest BCUT2D eigenvalue weighted by Crippen LogP contribution is -2.45. The monoisotopic (exact) mass is 306 g/mol. The van der Waals surface area contributed by atoms with Crippen molar-refractivity contribution in [1.82, 2.24) is 10.2 Å².